The summed E-state index contributed by atoms with van der Waals surface area (Å²) in [6.45, 7) is 6.64. The van der Waals surface area contributed by atoms with Crippen LogP contribution in [0.25, 0.3) is 0 Å². The van der Waals surface area contributed by atoms with Crippen molar-refractivity contribution in [3.8, 4) is 0 Å². The molecular formula is C28H38N4O7S. The second-order valence-corrected chi connectivity index (χ2v) is 14.1. The van der Waals surface area contributed by atoms with Gasteiger partial charge in [-0.15, -0.1) is 0 Å². The van der Waals surface area contributed by atoms with Crippen LogP contribution in [0.15, 0.2) is 41.3 Å². The van der Waals surface area contributed by atoms with E-state index < -0.39 is 27.3 Å². The van der Waals surface area contributed by atoms with Crippen LogP contribution >= 0.6 is 0 Å². The van der Waals surface area contributed by atoms with Crippen LogP contribution in [0, 0.1) is 5.41 Å². The van der Waals surface area contributed by atoms with E-state index in [9.17, 15) is 22.8 Å². The first kappa shape index (κ1) is 28.6. The summed E-state index contributed by atoms with van der Waals surface area (Å²) in [5, 5.41) is 3.04. The van der Waals surface area contributed by atoms with Gasteiger partial charge in [0.2, 0.25) is 10.0 Å². The largest absolute Gasteiger partial charge is 0.444 e. The van der Waals surface area contributed by atoms with Crippen molar-refractivity contribution in [1.82, 2.24) is 19.8 Å². The maximum Gasteiger partial charge on any atom is 0.410 e. The van der Waals surface area contributed by atoms with E-state index in [1.807, 2.05) is 0 Å². The highest BCUT2D eigenvalue weighted by atomic mass is 32.2. The lowest BCUT2D eigenvalue weighted by atomic mass is 9.88. The Hall–Kier alpha value is -2.96. The summed E-state index contributed by atoms with van der Waals surface area (Å²) in [6.07, 6.45) is 5.63. The normalized spacial score (nSPS) is 29.1. The average molecular weight is 575 g/mol. The van der Waals surface area contributed by atoms with Crippen molar-refractivity contribution >= 4 is 27.9 Å². The second-order valence-electron chi connectivity index (χ2n) is 12.4. The van der Waals surface area contributed by atoms with Crippen LogP contribution in [0.5, 0.6) is 0 Å². The van der Waals surface area contributed by atoms with Gasteiger partial charge < -0.3 is 24.6 Å². The van der Waals surface area contributed by atoms with E-state index in [1.165, 1.54) is 17.0 Å². The molecule has 2 saturated heterocycles. The number of benzene rings is 1. The average Bonchev–Trinajstić information content (AvgIpc) is 3.64. The number of amides is 3. The van der Waals surface area contributed by atoms with Crippen molar-refractivity contribution in [3.63, 3.8) is 0 Å². The van der Waals surface area contributed by atoms with Gasteiger partial charge in [0.05, 0.1) is 18.0 Å². The molecule has 4 aliphatic rings. The van der Waals surface area contributed by atoms with Crippen LogP contribution in [0.4, 0.5) is 4.79 Å². The number of rotatable bonds is 0. The maximum atomic E-state index is 14.3. The van der Waals surface area contributed by atoms with Gasteiger partial charge in [-0.05, 0) is 63.6 Å². The molecule has 2 atom stereocenters. The van der Waals surface area contributed by atoms with Gasteiger partial charge in [-0.3, -0.25) is 9.59 Å². The topological polar surface area (TPSA) is 134 Å². The molecule has 1 aromatic rings. The molecule has 0 aromatic heterocycles. The van der Waals surface area contributed by atoms with Crippen molar-refractivity contribution in [2.45, 2.75) is 68.6 Å². The number of ether oxygens (including phenoxy) is 2. The van der Waals surface area contributed by atoms with Crippen LogP contribution in [0.1, 0.15) is 56.8 Å². The molecule has 3 fully saturated rings. The Morgan fingerprint density at radius 1 is 1.15 bits per heavy atom. The molecule has 40 heavy (non-hydrogen) atoms. The van der Waals surface area contributed by atoms with Crippen molar-refractivity contribution in [3.05, 3.63) is 42.0 Å². The smallest absolute Gasteiger partial charge is 0.410 e. The Labute approximate surface area is 235 Å². The second kappa shape index (κ2) is 10.5. The van der Waals surface area contributed by atoms with Crippen molar-refractivity contribution < 1.29 is 32.3 Å². The fourth-order valence-electron chi connectivity index (χ4n) is 5.74. The summed E-state index contributed by atoms with van der Waals surface area (Å²) in [5.74, 6) is -0.635. The standard InChI is InChI=1S/C28H38N4O7S/c1-26(2,3)39-25(35)31-13-14-38-28(19-31)9-4-5-12-29-40(36,37)22-8-6-7-20(15-22)23(33)30-21-16-27(10-11-27)18-32(17-21)24(28)34/h4-8,15,21,29H,9-14,16-19H2,1-3H3,(H,30,33)/b5-4-. The molecular weight excluding hydrogens is 536 g/mol. The third-order valence-corrected chi connectivity index (χ3v) is 9.29. The van der Waals surface area contributed by atoms with Crippen LogP contribution < -0.4 is 10.0 Å². The van der Waals surface area contributed by atoms with Crippen LogP contribution in [0.2, 0.25) is 0 Å². The fourth-order valence-corrected chi connectivity index (χ4v) is 6.77. The number of hydrogen-bond acceptors (Lipinski definition) is 7. The third kappa shape index (κ3) is 6.18. The number of hydrogen-bond donors (Lipinski definition) is 2. The SMILES string of the molecule is CC(C)(C)OC(=O)N1CCOC2(C/C=C\CNS(=O)(=O)c3cccc(c3)C(=O)NC3CN(CC4(CC4)C3)C2=O)C1. The lowest BCUT2D eigenvalue weighted by Crippen LogP contribution is -2.64. The summed E-state index contributed by atoms with van der Waals surface area (Å²) < 4.78 is 40.1. The predicted octanol–water partition coefficient (Wildman–Crippen LogP) is 2.04. The van der Waals surface area contributed by atoms with E-state index in [-0.39, 0.29) is 66.4 Å². The van der Waals surface area contributed by atoms with Crippen molar-refractivity contribution in [2.24, 2.45) is 5.41 Å². The molecule has 2 N–H and O–H groups in total. The number of carbonyl (C=O) groups excluding carboxylic acids is 3. The minimum absolute atomic E-state index is 0.000146. The summed E-state index contributed by atoms with van der Waals surface area (Å²) >= 11 is 0. The van der Waals surface area contributed by atoms with Crippen LogP contribution in [-0.4, -0.2) is 92.7 Å². The first-order chi connectivity index (χ1) is 18.8. The number of nitrogens with one attached hydrogen (secondary N) is 2. The Kier molecular flexibility index (Phi) is 7.47. The number of morpholine rings is 1. The van der Waals surface area contributed by atoms with Gasteiger partial charge in [0.25, 0.3) is 11.8 Å². The lowest BCUT2D eigenvalue weighted by molar-refractivity contribution is -0.171. The van der Waals surface area contributed by atoms with E-state index in [0.29, 0.717) is 13.1 Å². The molecule has 1 aliphatic carbocycles. The van der Waals surface area contributed by atoms with Crippen LogP contribution in [-0.2, 0) is 24.3 Å². The zero-order chi connectivity index (χ0) is 28.8. The molecule has 4 bridgehead atoms. The van der Waals surface area contributed by atoms with E-state index in [1.54, 1.807) is 50.0 Å². The lowest BCUT2D eigenvalue weighted by Gasteiger charge is -2.46. The summed E-state index contributed by atoms with van der Waals surface area (Å²) in [7, 11) is -3.87. The van der Waals surface area contributed by atoms with E-state index in [2.05, 4.69) is 10.0 Å². The van der Waals surface area contributed by atoms with E-state index in [0.717, 1.165) is 19.3 Å². The highest BCUT2D eigenvalue weighted by Crippen LogP contribution is 2.52. The first-order valence-corrected chi connectivity index (χ1v) is 15.3. The van der Waals surface area contributed by atoms with Gasteiger partial charge >= 0.3 is 6.09 Å². The highest BCUT2D eigenvalue weighted by Gasteiger charge is 2.54. The van der Waals surface area contributed by atoms with E-state index in [4.69, 9.17) is 9.47 Å². The number of piperidine rings is 1. The fraction of sp³-hybridized carbons (Fsp3) is 0.607. The predicted molar refractivity (Wildman–Crippen MR) is 146 cm³/mol. The van der Waals surface area contributed by atoms with Crippen molar-refractivity contribution in [2.75, 3.05) is 39.3 Å². The third-order valence-electron chi connectivity index (χ3n) is 7.87. The van der Waals surface area contributed by atoms with E-state index >= 15 is 0 Å². The minimum Gasteiger partial charge on any atom is -0.444 e. The quantitative estimate of drug-likeness (QED) is 0.453. The van der Waals surface area contributed by atoms with Gasteiger partial charge in [-0.1, -0.05) is 18.2 Å². The molecule has 3 heterocycles. The monoisotopic (exact) mass is 574 g/mol. The highest BCUT2D eigenvalue weighted by molar-refractivity contribution is 7.89. The molecule has 2 spiro atoms. The Bertz CT molecular complexity index is 1320. The number of carbonyl (C=O) groups is 3. The van der Waals surface area contributed by atoms with Crippen molar-refractivity contribution in [1.29, 1.82) is 0 Å². The van der Waals surface area contributed by atoms with Gasteiger partial charge in [-0.2, -0.15) is 0 Å². The molecule has 5 rings (SSSR count). The molecule has 11 nitrogen and oxygen atoms in total. The molecule has 1 aromatic carbocycles. The molecule has 0 radical (unpaired) electrons. The van der Waals surface area contributed by atoms with Crippen LogP contribution in [0.3, 0.4) is 0 Å². The maximum absolute atomic E-state index is 14.3. The molecule has 2 unspecified atom stereocenters. The van der Waals surface area contributed by atoms with Gasteiger partial charge in [0.15, 0.2) is 5.60 Å². The minimum atomic E-state index is -3.87. The summed E-state index contributed by atoms with van der Waals surface area (Å²) in [5.41, 5.74) is -1.89. The molecule has 3 aliphatic heterocycles. The molecule has 218 valence electrons. The molecule has 1 saturated carbocycles. The number of nitrogens with zero attached hydrogens (tertiary/aromatic N) is 2. The Morgan fingerprint density at radius 2 is 1.93 bits per heavy atom. The molecule has 12 heteroatoms. The summed E-state index contributed by atoms with van der Waals surface area (Å²) in [6, 6.07) is 5.62. The number of fused-ring (bicyclic) bond motifs is 4. The summed E-state index contributed by atoms with van der Waals surface area (Å²) in [4.78, 5) is 43.7. The Balaban J connectivity index is 1.48. The Morgan fingerprint density at radius 3 is 2.65 bits per heavy atom. The van der Waals surface area contributed by atoms with Gasteiger partial charge in [0, 0.05) is 44.2 Å². The zero-order valence-corrected chi connectivity index (χ0v) is 24.1. The molecule has 3 amide bonds. The number of sulfonamides is 1. The zero-order valence-electron chi connectivity index (χ0n) is 23.3. The van der Waals surface area contributed by atoms with Gasteiger partial charge in [0.1, 0.15) is 5.60 Å². The van der Waals surface area contributed by atoms with Gasteiger partial charge in [-0.25, -0.2) is 17.9 Å². The first-order valence-electron chi connectivity index (χ1n) is 13.8.